The molecule has 0 radical (unpaired) electrons. The second kappa shape index (κ2) is 4.07. The van der Waals surface area contributed by atoms with E-state index >= 15 is 0 Å². The molecule has 2 aliphatic rings. The van der Waals surface area contributed by atoms with E-state index in [9.17, 15) is 0 Å². The Bertz CT molecular complexity index is 383. The largest absolute Gasteiger partial charge is 0.384 e. The minimum absolute atomic E-state index is 0.402. The maximum atomic E-state index is 6.13. The average Bonchev–Trinajstić information content (AvgIpc) is 2.69. The van der Waals surface area contributed by atoms with E-state index in [0.717, 1.165) is 56.2 Å². The van der Waals surface area contributed by atoms with Gasteiger partial charge in [-0.05, 0) is 12.8 Å². The van der Waals surface area contributed by atoms with E-state index in [1.54, 1.807) is 0 Å². The molecule has 16 heavy (non-hydrogen) atoms. The van der Waals surface area contributed by atoms with Crippen LogP contribution in [0.2, 0.25) is 0 Å². The predicted molar refractivity (Wildman–Crippen MR) is 59.1 cm³/mol. The minimum atomic E-state index is 0.402. The smallest absolute Gasteiger partial charge is 0.127 e. The fraction of sp³-hybridized carbons (Fsp3) is 0.727. The highest BCUT2D eigenvalue weighted by Crippen LogP contribution is 2.29. The number of hydrogen-bond donors (Lipinski definition) is 1. The van der Waals surface area contributed by atoms with Gasteiger partial charge in [-0.25, -0.2) is 4.68 Å². The second-order valence-electron chi connectivity index (χ2n) is 4.40. The highest BCUT2D eigenvalue weighted by atomic mass is 16.5. The fourth-order valence-corrected chi connectivity index (χ4v) is 2.44. The summed E-state index contributed by atoms with van der Waals surface area (Å²) in [6.07, 6.45) is 2.90. The zero-order valence-corrected chi connectivity index (χ0v) is 9.32. The van der Waals surface area contributed by atoms with Gasteiger partial charge in [-0.3, -0.25) is 0 Å². The van der Waals surface area contributed by atoms with Crippen molar-refractivity contribution in [3.05, 3.63) is 11.3 Å². The molecule has 1 saturated heterocycles. The zero-order chi connectivity index (χ0) is 11.0. The molecular formula is C11H17N3O2. The SMILES string of the molecule is Nc1c2c(nn1C1CCOCC1)CCOC2. The van der Waals surface area contributed by atoms with Crippen LogP contribution < -0.4 is 5.73 Å². The number of nitrogens with two attached hydrogens (primary N) is 1. The van der Waals surface area contributed by atoms with E-state index in [2.05, 4.69) is 5.10 Å². The van der Waals surface area contributed by atoms with Crippen molar-refractivity contribution in [2.75, 3.05) is 25.6 Å². The molecule has 0 atom stereocenters. The number of nitrogens with zero attached hydrogens (tertiary/aromatic N) is 2. The molecule has 1 fully saturated rings. The number of rotatable bonds is 1. The molecule has 88 valence electrons. The molecule has 3 rings (SSSR count). The first-order valence-corrected chi connectivity index (χ1v) is 5.87. The quantitative estimate of drug-likeness (QED) is 0.768. The van der Waals surface area contributed by atoms with Gasteiger partial charge in [0.15, 0.2) is 0 Å². The summed E-state index contributed by atoms with van der Waals surface area (Å²) in [4.78, 5) is 0. The third-order valence-corrected chi connectivity index (χ3v) is 3.40. The van der Waals surface area contributed by atoms with Gasteiger partial charge in [0.25, 0.3) is 0 Å². The van der Waals surface area contributed by atoms with Gasteiger partial charge in [0.05, 0.1) is 24.9 Å². The van der Waals surface area contributed by atoms with Crippen molar-refractivity contribution in [3.63, 3.8) is 0 Å². The van der Waals surface area contributed by atoms with Crippen LogP contribution in [0.4, 0.5) is 5.82 Å². The highest BCUT2D eigenvalue weighted by molar-refractivity contribution is 5.44. The van der Waals surface area contributed by atoms with Crippen LogP contribution in [-0.2, 0) is 22.5 Å². The Labute approximate surface area is 94.5 Å². The predicted octanol–water partition coefficient (Wildman–Crippen LogP) is 0.889. The van der Waals surface area contributed by atoms with E-state index < -0.39 is 0 Å². The standard InChI is InChI=1S/C11H17N3O2/c12-11-9-7-16-6-3-10(9)13-14(11)8-1-4-15-5-2-8/h8H,1-7,12H2. The molecule has 2 N–H and O–H groups in total. The Hall–Kier alpha value is -1.07. The first-order chi connectivity index (χ1) is 7.86. The molecule has 0 amide bonds. The van der Waals surface area contributed by atoms with Crippen LogP contribution in [0, 0.1) is 0 Å². The molecule has 3 heterocycles. The molecule has 0 bridgehead atoms. The summed E-state index contributed by atoms with van der Waals surface area (Å²) in [5.41, 5.74) is 8.35. The molecule has 1 aromatic heterocycles. The summed E-state index contributed by atoms with van der Waals surface area (Å²) in [5.74, 6) is 0.793. The number of hydrogen-bond acceptors (Lipinski definition) is 4. The van der Waals surface area contributed by atoms with Gasteiger partial charge in [-0.1, -0.05) is 0 Å². The molecule has 0 aromatic carbocycles. The maximum absolute atomic E-state index is 6.13. The van der Waals surface area contributed by atoms with Crippen molar-refractivity contribution < 1.29 is 9.47 Å². The summed E-state index contributed by atoms with van der Waals surface area (Å²) in [5, 5.41) is 4.63. The normalized spacial score (nSPS) is 22.0. The maximum Gasteiger partial charge on any atom is 0.127 e. The van der Waals surface area contributed by atoms with Crippen molar-refractivity contribution in [2.24, 2.45) is 0 Å². The van der Waals surface area contributed by atoms with Gasteiger partial charge in [-0.15, -0.1) is 0 Å². The van der Waals surface area contributed by atoms with E-state index in [0.29, 0.717) is 12.6 Å². The van der Waals surface area contributed by atoms with Crippen LogP contribution in [0.1, 0.15) is 30.1 Å². The molecule has 0 saturated carbocycles. The van der Waals surface area contributed by atoms with Crippen molar-refractivity contribution in [1.29, 1.82) is 0 Å². The lowest BCUT2D eigenvalue weighted by Gasteiger charge is -2.23. The van der Waals surface area contributed by atoms with Crippen LogP contribution in [0.25, 0.3) is 0 Å². The molecule has 2 aliphatic heterocycles. The number of ether oxygens (including phenoxy) is 2. The Morgan fingerprint density at radius 2 is 2.00 bits per heavy atom. The molecule has 0 aliphatic carbocycles. The van der Waals surface area contributed by atoms with Crippen LogP contribution in [0.3, 0.4) is 0 Å². The lowest BCUT2D eigenvalue weighted by Crippen LogP contribution is -2.21. The molecule has 1 aromatic rings. The molecule has 0 spiro atoms. The van der Waals surface area contributed by atoms with E-state index in [1.165, 1.54) is 0 Å². The topological polar surface area (TPSA) is 62.3 Å². The Morgan fingerprint density at radius 1 is 1.19 bits per heavy atom. The number of fused-ring (bicyclic) bond motifs is 1. The van der Waals surface area contributed by atoms with Crippen LogP contribution in [0.5, 0.6) is 0 Å². The van der Waals surface area contributed by atoms with Crippen molar-refractivity contribution >= 4 is 5.82 Å². The van der Waals surface area contributed by atoms with E-state index in [-0.39, 0.29) is 0 Å². The molecule has 5 heteroatoms. The lowest BCUT2D eigenvalue weighted by atomic mass is 10.1. The van der Waals surface area contributed by atoms with Crippen LogP contribution in [0.15, 0.2) is 0 Å². The summed E-state index contributed by atoms with van der Waals surface area (Å²) in [7, 11) is 0. The van der Waals surface area contributed by atoms with E-state index in [1.807, 2.05) is 4.68 Å². The highest BCUT2D eigenvalue weighted by Gasteiger charge is 2.24. The number of nitrogen functional groups attached to an aromatic ring is 1. The van der Waals surface area contributed by atoms with E-state index in [4.69, 9.17) is 15.2 Å². The summed E-state index contributed by atoms with van der Waals surface area (Å²) in [6.45, 7) is 3.00. The summed E-state index contributed by atoms with van der Waals surface area (Å²) < 4.78 is 12.8. The number of anilines is 1. The van der Waals surface area contributed by atoms with Gasteiger partial charge in [0.1, 0.15) is 5.82 Å². The van der Waals surface area contributed by atoms with Gasteiger partial charge in [-0.2, -0.15) is 5.10 Å². The molecular weight excluding hydrogens is 206 g/mol. The monoisotopic (exact) mass is 223 g/mol. The Balaban J connectivity index is 1.91. The van der Waals surface area contributed by atoms with Crippen molar-refractivity contribution in [3.8, 4) is 0 Å². The first-order valence-electron chi connectivity index (χ1n) is 5.87. The van der Waals surface area contributed by atoms with Gasteiger partial charge >= 0.3 is 0 Å². The van der Waals surface area contributed by atoms with Crippen LogP contribution in [-0.4, -0.2) is 29.6 Å². The van der Waals surface area contributed by atoms with Crippen molar-refractivity contribution in [1.82, 2.24) is 9.78 Å². The molecule has 0 unspecified atom stereocenters. The molecule has 5 nitrogen and oxygen atoms in total. The van der Waals surface area contributed by atoms with Gasteiger partial charge in [0.2, 0.25) is 0 Å². The van der Waals surface area contributed by atoms with Crippen LogP contribution >= 0.6 is 0 Å². The average molecular weight is 223 g/mol. The third-order valence-electron chi connectivity index (χ3n) is 3.40. The zero-order valence-electron chi connectivity index (χ0n) is 9.32. The number of aromatic nitrogens is 2. The fourth-order valence-electron chi connectivity index (χ4n) is 2.44. The lowest BCUT2D eigenvalue weighted by molar-refractivity contribution is 0.0667. The first kappa shape index (κ1) is 10.1. The second-order valence-corrected chi connectivity index (χ2v) is 4.40. The third kappa shape index (κ3) is 1.60. The van der Waals surface area contributed by atoms with Gasteiger partial charge in [0, 0.05) is 25.2 Å². The minimum Gasteiger partial charge on any atom is -0.384 e. The summed E-state index contributed by atoms with van der Waals surface area (Å²) in [6, 6.07) is 0.402. The Kier molecular flexibility index (Phi) is 2.57. The Morgan fingerprint density at radius 3 is 2.75 bits per heavy atom. The summed E-state index contributed by atoms with van der Waals surface area (Å²) >= 11 is 0. The van der Waals surface area contributed by atoms with Gasteiger partial charge < -0.3 is 15.2 Å². The van der Waals surface area contributed by atoms with Crippen molar-refractivity contribution in [2.45, 2.75) is 31.9 Å².